The number of hydrogen-bond donors (Lipinski definition) is 0. The molecule has 0 unspecified atom stereocenters. The van der Waals surface area contributed by atoms with E-state index in [1.165, 1.54) is 12.0 Å². The van der Waals surface area contributed by atoms with E-state index in [0.29, 0.717) is 39.7 Å². The van der Waals surface area contributed by atoms with Crippen molar-refractivity contribution in [2.75, 3.05) is 27.4 Å². The number of ether oxygens (including phenoxy) is 3. The lowest BCUT2D eigenvalue weighted by Crippen LogP contribution is -2.31. The van der Waals surface area contributed by atoms with Gasteiger partial charge in [0, 0.05) is 7.11 Å². The van der Waals surface area contributed by atoms with Crippen LogP contribution in [0.3, 0.4) is 0 Å². The van der Waals surface area contributed by atoms with Crippen LogP contribution in [-0.2, 0) is 16.1 Å². The van der Waals surface area contributed by atoms with Crippen LogP contribution in [0.5, 0.6) is 11.5 Å². The fraction of sp³-hybridized carbons (Fsp3) is 0.200. The Kier molecular flexibility index (Phi) is 7.37. The van der Waals surface area contributed by atoms with Crippen molar-refractivity contribution in [3.05, 3.63) is 75.1 Å². The third-order valence-corrected chi connectivity index (χ3v) is 6.69. The van der Waals surface area contributed by atoms with Gasteiger partial charge in [0.05, 0.1) is 29.6 Å². The van der Waals surface area contributed by atoms with Crippen LogP contribution in [0, 0.1) is 0 Å². The number of hydrogen-bond acceptors (Lipinski definition) is 6. The van der Waals surface area contributed by atoms with Gasteiger partial charge in [-0.3, -0.25) is 14.5 Å². The van der Waals surface area contributed by atoms with Gasteiger partial charge >= 0.3 is 0 Å². The second kappa shape index (κ2) is 10.4. The van der Waals surface area contributed by atoms with Crippen molar-refractivity contribution in [3.8, 4) is 11.5 Å². The van der Waals surface area contributed by atoms with Gasteiger partial charge in [-0.2, -0.15) is 0 Å². The highest BCUT2D eigenvalue weighted by Crippen LogP contribution is 2.39. The molecule has 0 aliphatic carbocycles. The lowest BCUT2D eigenvalue weighted by molar-refractivity contribution is -0.123. The second-order valence-corrected chi connectivity index (χ2v) is 9.13. The van der Waals surface area contributed by atoms with Gasteiger partial charge in [0.2, 0.25) is 0 Å². The summed E-state index contributed by atoms with van der Waals surface area (Å²) in [4.78, 5) is 26.3. The van der Waals surface area contributed by atoms with Gasteiger partial charge in [-0.05, 0) is 67.8 Å². The third kappa shape index (κ3) is 5.08. The van der Waals surface area contributed by atoms with E-state index in [1.54, 1.807) is 19.3 Å². The zero-order valence-corrected chi connectivity index (χ0v) is 20.6. The molecular weight excluding hydrogens is 506 g/mol. The number of thioether (sulfide) groups is 1. The zero-order valence-electron chi connectivity index (χ0n) is 18.2. The van der Waals surface area contributed by atoms with Gasteiger partial charge in [0.25, 0.3) is 11.1 Å². The Labute approximate surface area is 204 Å². The van der Waals surface area contributed by atoms with Crippen LogP contribution in [0.2, 0.25) is 0 Å². The largest absolute Gasteiger partial charge is 0.493 e. The first kappa shape index (κ1) is 23.4. The number of rotatable bonds is 8. The molecule has 8 heteroatoms. The average Bonchev–Trinajstić information content (AvgIpc) is 3.08. The first-order chi connectivity index (χ1) is 16.0. The summed E-state index contributed by atoms with van der Waals surface area (Å²) in [5.74, 6) is 0.763. The fourth-order valence-electron chi connectivity index (χ4n) is 3.56. The molecule has 3 aromatic rings. The van der Waals surface area contributed by atoms with Crippen molar-refractivity contribution in [2.24, 2.45) is 0 Å². The minimum atomic E-state index is -0.326. The van der Waals surface area contributed by atoms with E-state index in [2.05, 4.69) is 34.1 Å². The molecule has 1 aliphatic rings. The van der Waals surface area contributed by atoms with E-state index in [4.69, 9.17) is 14.2 Å². The Bertz CT molecular complexity index is 1240. The molecule has 0 spiro atoms. The molecule has 0 bridgehead atoms. The number of nitrogens with zero attached hydrogens (tertiary/aromatic N) is 1. The van der Waals surface area contributed by atoms with Crippen LogP contribution in [0.4, 0.5) is 4.79 Å². The highest BCUT2D eigenvalue weighted by molar-refractivity contribution is 9.10. The topological polar surface area (TPSA) is 65.1 Å². The Morgan fingerprint density at radius 1 is 1.06 bits per heavy atom. The van der Waals surface area contributed by atoms with Crippen LogP contribution in [0.15, 0.2) is 64.0 Å². The molecule has 1 fully saturated rings. The van der Waals surface area contributed by atoms with E-state index in [0.717, 1.165) is 28.1 Å². The minimum absolute atomic E-state index is 0.229. The summed E-state index contributed by atoms with van der Waals surface area (Å²) in [6, 6.07) is 17.9. The molecule has 4 rings (SSSR count). The van der Waals surface area contributed by atoms with Gasteiger partial charge in [-0.1, -0.05) is 42.5 Å². The van der Waals surface area contributed by atoms with E-state index in [-0.39, 0.29) is 17.7 Å². The molecule has 3 aromatic carbocycles. The number of halogens is 1. The third-order valence-electron chi connectivity index (χ3n) is 5.19. The summed E-state index contributed by atoms with van der Waals surface area (Å²) >= 11 is 4.48. The number of benzene rings is 3. The van der Waals surface area contributed by atoms with Gasteiger partial charge in [0.1, 0.15) is 6.61 Å². The SMILES string of the molecule is COCCN1C(=O)S/C(=C\c2cc(Br)c(OCc3cccc4ccccc34)c(OC)c2)C1=O. The van der Waals surface area contributed by atoms with Crippen molar-refractivity contribution < 1.29 is 23.8 Å². The molecule has 0 N–H and O–H groups in total. The van der Waals surface area contributed by atoms with E-state index in [1.807, 2.05) is 30.3 Å². The number of amides is 2. The molecule has 1 aliphatic heterocycles. The van der Waals surface area contributed by atoms with E-state index >= 15 is 0 Å². The maximum absolute atomic E-state index is 12.6. The second-order valence-electron chi connectivity index (χ2n) is 7.29. The molecule has 2 amide bonds. The van der Waals surface area contributed by atoms with Crippen molar-refractivity contribution in [1.29, 1.82) is 0 Å². The molecule has 0 atom stereocenters. The quantitative estimate of drug-likeness (QED) is 0.341. The van der Waals surface area contributed by atoms with Crippen molar-refractivity contribution in [1.82, 2.24) is 4.90 Å². The summed E-state index contributed by atoms with van der Waals surface area (Å²) in [5.41, 5.74) is 1.78. The van der Waals surface area contributed by atoms with Gasteiger partial charge in [0.15, 0.2) is 11.5 Å². The average molecular weight is 528 g/mol. The van der Waals surface area contributed by atoms with Crippen molar-refractivity contribution in [3.63, 3.8) is 0 Å². The molecular formula is C25H22BrNO5S. The Morgan fingerprint density at radius 2 is 1.85 bits per heavy atom. The Morgan fingerprint density at radius 3 is 2.64 bits per heavy atom. The van der Waals surface area contributed by atoms with Gasteiger partial charge in [-0.25, -0.2) is 0 Å². The predicted molar refractivity (Wildman–Crippen MR) is 134 cm³/mol. The minimum Gasteiger partial charge on any atom is -0.493 e. The van der Waals surface area contributed by atoms with Crippen LogP contribution < -0.4 is 9.47 Å². The summed E-state index contributed by atoms with van der Waals surface area (Å²) in [6.45, 7) is 0.897. The molecule has 170 valence electrons. The number of carbonyl (C=O) groups is 2. The number of imide groups is 1. The molecule has 0 radical (unpaired) electrons. The lowest BCUT2D eigenvalue weighted by Gasteiger charge is -2.15. The summed E-state index contributed by atoms with van der Waals surface area (Å²) in [7, 11) is 3.09. The number of methoxy groups -OCH3 is 2. The van der Waals surface area contributed by atoms with E-state index in [9.17, 15) is 9.59 Å². The molecule has 0 aromatic heterocycles. The fourth-order valence-corrected chi connectivity index (χ4v) is 5.00. The highest BCUT2D eigenvalue weighted by Gasteiger charge is 2.34. The van der Waals surface area contributed by atoms with E-state index < -0.39 is 0 Å². The van der Waals surface area contributed by atoms with Crippen LogP contribution in [0.1, 0.15) is 11.1 Å². The first-order valence-corrected chi connectivity index (χ1v) is 11.8. The van der Waals surface area contributed by atoms with Crippen LogP contribution in [-0.4, -0.2) is 43.4 Å². The van der Waals surface area contributed by atoms with Crippen LogP contribution >= 0.6 is 27.7 Å². The highest BCUT2D eigenvalue weighted by atomic mass is 79.9. The Hall–Kier alpha value is -2.81. The van der Waals surface area contributed by atoms with Crippen molar-refractivity contribution >= 4 is 55.7 Å². The number of carbonyl (C=O) groups excluding carboxylic acids is 2. The molecule has 6 nitrogen and oxygen atoms in total. The Balaban J connectivity index is 1.57. The predicted octanol–water partition coefficient (Wildman–Crippen LogP) is 5.87. The van der Waals surface area contributed by atoms with Gasteiger partial charge in [-0.15, -0.1) is 0 Å². The monoisotopic (exact) mass is 527 g/mol. The molecule has 0 saturated carbocycles. The zero-order chi connectivity index (χ0) is 23.4. The van der Waals surface area contributed by atoms with Crippen LogP contribution in [0.25, 0.3) is 16.8 Å². The molecule has 33 heavy (non-hydrogen) atoms. The normalized spacial score (nSPS) is 15.0. The molecule has 1 saturated heterocycles. The number of fused-ring (bicyclic) bond motifs is 1. The van der Waals surface area contributed by atoms with Crippen molar-refractivity contribution in [2.45, 2.75) is 6.61 Å². The standard InChI is InChI=1S/C25H22BrNO5S/c1-30-11-10-27-24(28)22(33-25(27)29)14-16-12-20(26)23(21(13-16)31-2)32-15-18-8-5-7-17-6-3-4-9-19(17)18/h3-9,12-14H,10-11,15H2,1-2H3/b22-14-. The van der Waals surface area contributed by atoms with Gasteiger partial charge < -0.3 is 14.2 Å². The smallest absolute Gasteiger partial charge is 0.293 e. The summed E-state index contributed by atoms with van der Waals surface area (Å²) in [6.07, 6.45) is 1.68. The summed E-state index contributed by atoms with van der Waals surface area (Å²) < 4.78 is 17.4. The summed E-state index contributed by atoms with van der Waals surface area (Å²) in [5, 5.41) is 1.99. The maximum Gasteiger partial charge on any atom is 0.293 e. The lowest BCUT2D eigenvalue weighted by atomic mass is 10.1. The maximum atomic E-state index is 12.6. The first-order valence-electron chi connectivity index (χ1n) is 10.2. The molecule has 1 heterocycles.